The van der Waals surface area contributed by atoms with Gasteiger partial charge in [0.15, 0.2) is 5.78 Å². The fourth-order valence-electron chi connectivity index (χ4n) is 5.38. The van der Waals surface area contributed by atoms with E-state index in [1.807, 2.05) is 60.8 Å². The van der Waals surface area contributed by atoms with Crippen molar-refractivity contribution in [2.45, 2.75) is 26.4 Å². The number of carbonyl (C=O) groups excluding carboxylic acids is 3. The molecule has 0 fully saturated rings. The highest BCUT2D eigenvalue weighted by Gasteiger charge is 2.08. The Morgan fingerprint density at radius 1 is 0.646 bits per heavy atom. The van der Waals surface area contributed by atoms with Crippen molar-refractivity contribution in [2.75, 3.05) is 0 Å². The van der Waals surface area contributed by atoms with E-state index in [9.17, 15) is 14.4 Å². The molecule has 48 heavy (non-hydrogen) atoms. The summed E-state index contributed by atoms with van der Waals surface area (Å²) in [5, 5.41) is 2.20. The molecule has 0 aliphatic heterocycles. The molecule has 0 radical (unpaired) electrons. The number of carbonyl (C=O) groups is 3. The minimum absolute atomic E-state index is 0.187. The molecule has 9 heteroatoms. The molecule has 0 aliphatic carbocycles. The molecule has 4 aromatic carbocycles. The molecule has 0 saturated heterocycles. The van der Waals surface area contributed by atoms with Crippen LogP contribution in [0.5, 0.6) is 0 Å². The summed E-state index contributed by atoms with van der Waals surface area (Å²) < 4.78 is 4.35. The number of rotatable bonds is 10. The predicted molar refractivity (Wildman–Crippen MR) is 187 cm³/mol. The highest BCUT2D eigenvalue weighted by molar-refractivity contribution is 5.97. The van der Waals surface area contributed by atoms with Gasteiger partial charge >= 0.3 is 11.9 Å². The Hall–Kier alpha value is -6.03. The quantitative estimate of drug-likeness (QED) is 0.135. The monoisotopic (exact) mass is 640 g/mol. The van der Waals surface area contributed by atoms with E-state index in [0.29, 0.717) is 0 Å². The van der Waals surface area contributed by atoms with Gasteiger partial charge in [-0.25, -0.2) is 9.59 Å². The molecule has 2 aromatic heterocycles. The van der Waals surface area contributed by atoms with Crippen LogP contribution in [0.1, 0.15) is 27.8 Å². The first-order chi connectivity index (χ1) is 23.3. The molecule has 0 amide bonds. The van der Waals surface area contributed by atoms with E-state index in [1.165, 1.54) is 28.8 Å². The van der Waals surface area contributed by atoms with Crippen molar-refractivity contribution >= 4 is 45.6 Å². The highest BCUT2D eigenvalue weighted by atomic mass is 16.7. The zero-order valence-electron chi connectivity index (χ0n) is 26.5. The summed E-state index contributed by atoms with van der Waals surface area (Å²) in [4.78, 5) is 42.2. The molecule has 242 valence electrons. The van der Waals surface area contributed by atoms with Crippen LogP contribution in [-0.2, 0) is 43.6 Å². The van der Waals surface area contributed by atoms with Crippen molar-refractivity contribution in [1.29, 1.82) is 0 Å². The summed E-state index contributed by atoms with van der Waals surface area (Å²) in [6.45, 7) is 3.65. The van der Waals surface area contributed by atoms with E-state index >= 15 is 0 Å². The van der Waals surface area contributed by atoms with Gasteiger partial charge in [0.25, 0.3) is 0 Å². The fraction of sp³-hybridized carbons (Fsp3) is 0.103. The number of nitrogens with zero attached hydrogens (tertiary/aromatic N) is 2. The summed E-state index contributed by atoms with van der Waals surface area (Å²) in [5.74, 6) is 8.08. The molecule has 6 rings (SSSR count). The van der Waals surface area contributed by atoms with Gasteiger partial charge in [-0.2, -0.15) is 11.8 Å². The van der Waals surface area contributed by atoms with Crippen LogP contribution in [0.4, 0.5) is 0 Å². The maximum absolute atomic E-state index is 11.9. The topological polar surface area (TPSA) is 132 Å². The van der Waals surface area contributed by atoms with Gasteiger partial charge in [0.1, 0.15) is 0 Å². The Morgan fingerprint density at radius 3 is 2.04 bits per heavy atom. The van der Waals surface area contributed by atoms with Gasteiger partial charge in [-0.15, -0.1) is 0 Å². The largest absolute Gasteiger partial charge is 0.370 e. The number of hydrogen-bond donors (Lipinski definition) is 2. The van der Waals surface area contributed by atoms with Crippen molar-refractivity contribution in [1.82, 2.24) is 9.13 Å². The van der Waals surface area contributed by atoms with E-state index in [1.54, 1.807) is 6.08 Å². The third kappa shape index (κ3) is 8.82. The van der Waals surface area contributed by atoms with E-state index < -0.39 is 11.9 Å². The van der Waals surface area contributed by atoms with Crippen LogP contribution in [0.15, 0.2) is 134 Å². The van der Waals surface area contributed by atoms with Crippen molar-refractivity contribution in [3.05, 3.63) is 162 Å². The molecule has 6 aromatic rings. The van der Waals surface area contributed by atoms with E-state index in [2.05, 4.69) is 80.5 Å². The van der Waals surface area contributed by atoms with Crippen molar-refractivity contribution < 1.29 is 24.1 Å². The number of aryl methyl sites for hydroxylation is 1. The normalized spacial score (nSPS) is 11.1. The number of aromatic nitrogens is 2. The SMILES string of the molecule is Cc1ccc(Cn2ccc3cccc(/C=C/C(=O)ON)c32)cc1.NOC(=O)/C=C/C(=O)Cc1ccc2c(ccn2Cc2ccccc2)c1. The molecule has 0 spiro atoms. The van der Waals surface area contributed by atoms with Crippen LogP contribution in [0.3, 0.4) is 0 Å². The van der Waals surface area contributed by atoms with Gasteiger partial charge in [0, 0.05) is 55.0 Å². The zero-order chi connectivity index (χ0) is 33.9. The number of ketones is 1. The third-order valence-electron chi connectivity index (χ3n) is 7.74. The van der Waals surface area contributed by atoms with Crippen molar-refractivity contribution in [3.8, 4) is 0 Å². The summed E-state index contributed by atoms with van der Waals surface area (Å²) in [5.41, 5.74) is 7.74. The molecule has 9 nitrogen and oxygen atoms in total. The Labute approximate surface area is 278 Å². The minimum atomic E-state index is -0.748. The summed E-state index contributed by atoms with van der Waals surface area (Å²) in [7, 11) is 0. The molecule has 2 heterocycles. The van der Waals surface area contributed by atoms with E-state index in [-0.39, 0.29) is 12.2 Å². The van der Waals surface area contributed by atoms with Crippen LogP contribution < -0.4 is 11.8 Å². The molecule has 0 saturated carbocycles. The first-order valence-corrected chi connectivity index (χ1v) is 15.3. The smallest absolute Gasteiger partial charge is 0.349 e. The maximum atomic E-state index is 11.9. The summed E-state index contributed by atoms with van der Waals surface area (Å²) in [6.07, 6.45) is 9.58. The Morgan fingerprint density at radius 2 is 1.29 bits per heavy atom. The molecule has 0 unspecified atom stereocenters. The Kier molecular flexibility index (Phi) is 11.1. The number of para-hydroxylation sites is 1. The standard InChI is InChI=1S/C20H18N2O3.C19H18N2O2/c21-25-20(24)9-7-18(23)13-16-6-8-19-17(12-16)10-11-22(19)14-15-4-2-1-3-5-15;1-14-5-7-15(8-6-14)13-21-12-11-17-4-2-3-16(19(17)21)9-10-18(22)23-20/h1-12H,13-14,21H2;2-12H,13,20H2,1H3/b9-7+;10-9+. The van der Waals surface area contributed by atoms with Crippen molar-refractivity contribution in [3.63, 3.8) is 0 Å². The summed E-state index contributed by atoms with van der Waals surface area (Å²) in [6, 6.07) is 34.7. The first-order valence-electron chi connectivity index (χ1n) is 15.3. The number of hydrogen-bond acceptors (Lipinski definition) is 7. The van der Waals surface area contributed by atoms with Crippen LogP contribution >= 0.6 is 0 Å². The molecule has 0 bridgehead atoms. The van der Waals surface area contributed by atoms with Gasteiger partial charge in [-0.3, -0.25) is 4.79 Å². The number of nitrogens with two attached hydrogens (primary N) is 2. The number of fused-ring (bicyclic) bond motifs is 2. The van der Waals surface area contributed by atoms with Gasteiger partial charge in [-0.05, 0) is 71.0 Å². The second-order valence-electron chi connectivity index (χ2n) is 11.2. The molecular formula is C39H36N4O5. The maximum Gasteiger partial charge on any atom is 0.349 e. The lowest BCUT2D eigenvalue weighted by molar-refractivity contribution is -0.139. The highest BCUT2D eigenvalue weighted by Crippen LogP contribution is 2.23. The number of benzene rings is 4. The molecule has 0 atom stereocenters. The second-order valence-corrected chi connectivity index (χ2v) is 11.2. The Bertz CT molecular complexity index is 2090. The number of allylic oxidation sites excluding steroid dienone is 1. The Balaban J connectivity index is 0.000000188. The zero-order valence-corrected chi connectivity index (χ0v) is 26.5. The predicted octanol–water partition coefficient (Wildman–Crippen LogP) is 6.20. The van der Waals surface area contributed by atoms with Crippen LogP contribution in [0.25, 0.3) is 27.9 Å². The van der Waals surface area contributed by atoms with Gasteiger partial charge < -0.3 is 18.8 Å². The van der Waals surface area contributed by atoms with E-state index in [0.717, 1.165) is 52.1 Å². The van der Waals surface area contributed by atoms with Crippen molar-refractivity contribution in [2.24, 2.45) is 11.8 Å². The average Bonchev–Trinajstić information content (AvgIpc) is 3.71. The third-order valence-corrected chi connectivity index (χ3v) is 7.74. The van der Waals surface area contributed by atoms with Crippen LogP contribution in [0.2, 0.25) is 0 Å². The van der Waals surface area contributed by atoms with Crippen LogP contribution in [0, 0.1) is 6.92 Å². The minimum Gasteiger partial charge on any atom is -0.370 e. The fourth-order valence-corrected chi connectivity index (χ4v) is 5.38. The van der Waals surface area contributed by atoms with Gasteiger partial charge in [0.2, 0.25) is 0 Å². The van der Waals surface area contributed by atoms with E-state index in [4.69, 9.17) is 11.8 Å². The lowest BCUT2D eigenvalue weighted by Gasteiger charge is -2.08. The van der Waals surface area contributed by atoms with Gasteiger partial charge in [-0.1, -0.05) is 84.4 Å². The lowest BCUT2D eigenvalue weighted by atomic mass is 10.1. The average molecular weight is 641 g/mol. The molecular weight excluding hydrogens is 604 g/mol. The molecule has 4 N–H and O–H groups in total. The van der Waals surface area contributed by atoms with Gasteiger partial charge in [0.05, 0.1) is 5.52 Å². The summed E-state index contributed by atoms with van der Waals surface area (Å²) >= 11 is 0. The second kappa shape index (κ2) is 16.0. The van der Waals surface area contributed by atoms with Crippen LogP contribution in [-0.4, -0.2) is 26.9 Å². The molecule has 0 aliphatic rings. The lowest BCUT2D eigenvalue weighted by Crippen LogP contribution is -2.07. The first kappa shape index (κ1) is 33.3.